The van der Waals surface area contributed by atoms with Gasteiger partial charge in [-0.3, -0.25) is 0 Å². The van der Waals surface area contributed by atoms with Crippen molar-refractivity contribution in [2.75, 3.05) is 13.1 Å². The fraction of sp³-hybridized carbons (Fsp3) is 0.533. The summed E-state index contributed by atoms with van der Waals surface area (Å²) in [6.07, 6.45) is 2.18. The highest BCUT2D eigenvalue weighted by molar-refractivity contribution is 5.74. The Bertz CT molecular complexity index is 390. The van der Waals surface area contributed by atoms with Crippen molar-refractivity contribution in [1.29, 1.82) is 0 Å². The van der Waals surface area contributed by atoms with Gasteiger partial charge in [0.2, 0.25) is 0 Å². The van der Waals surface area contributed by atoms with Crippen molar-refractivity contribution >= 4 is 6.03 Å². The summed E-state index contributed by atoms with van der Waals surface area (Å²) in [5.74, 6) is 0. The van der Waals surface area contributed by atoms with Crippen LogP contribution in [0.15, 0.2) is 30.3 Å². The van der Waals surface area contributed by atoms with E-state index in [9.17, 15) is 4.79 Å². The molecule has 0 saturated carbocycles. The molecule has 1 heterocycles. The first-order valence-electron chi connectivity index (χ1n) is 6.64. The van der Waals surface area contributed by atoms with Gasteiger partial charge in [0.15, 0.2) is 0 Å². The lowest BCUT2D eigenvalue weighted by Crippen LogP contribution is -2.45. The Labute approximate surface area is 109 Å². The molecular weight excluding hydrogens is 224 g/mol. The van der Waals surface area contributed by atoms with Gasteiger partial charge in [0.05, 0.1) is 0 Å². The zero-order valence-corrected chi connectivity index (χ0v) is 11.3. The molecule has 2 rings (SSSR count). The van der Waals surface area contributed by atoms with Gasteiger partial charge >= 0.3 is 6.03 Å². The highest BCUT2D eigenvalue weighted by Crippen LogP contribution is 2.29. The molecule has 2 amide bonds. The van der Waals surface area contributed by atoms with Crippen molar-refractivity contribution in [3.8, 4) is 0 Å². The largest absolute Gasteiger partial charge is 0.334 e. The summed E-state index contributed by atoms with van der Waals surface area (Å²) in [4.78, 5) is 13.9. The molecule has 0 atom stereocenters. The van der Waals surface area contributed by atoms with Crippen molar-refractivity contribution < 1.29 is 4.79 Å². The number of nitrogens with one attached hydrogen (secondary N) is 1. The Hall–Kier alpha value is -1.51. The summed E-state index contributed by atoms with van der Waals surface area (Å²) in [7, 11) is 0. The number of piperidine rings is 1. The van der Waals surface area contributed by atoms with E-state index < -0.39 is 0 Å². The van der Waals surface area contributed by atoms with Crippen LogP contribution >= 0.6 is 0 Å². The normalized spacial score (nSPS) is 18.4. The van der Waals surface area contributed by atoms with Crippen LogP contribution in [0.5, 0.6) is 0 Å². The molecule has 0 aromatic heterocycles. The molecule has 0 aliphatic carbocycles. The molecule has 18 heavy (non-hydrogen) atoms. The first-order chi connectivity index (χ1) is 8.57. The summed E-state index contributed by atoms with van der Waals surface area (Å²) >= 11 is 0. The SMILES string of the molecule is CC1(C)CCN(C(=O)NCc2ccccc2)CC1. The monoisotopic (exact) mass is 246 g/mol. The van der Waals surface area contributed by atoms with Crippen LogP contribution in [0.2, 0.25) is 0 Å². The van der Waals surface area contributed by atoms with Crippen LogP contribution in [-0.4, -0.2) is 24.0 Å². The molecule has 1 N–H and O–H groups in total. The predicted molar refractivity (Wildman–Crippen MR) is 73.3 cm³/mol. The number of amides is 2. The lowest BCUT2D eigenvalue weighted by molar-refractivity contribution is 0.140. The van der Waals surface area contributed by atoms with E-state index in [1.165, 1.54) is 0 Å². The Morgan fingerprint density at radius 1 is 1.22 bits per heavy atom. The Morgan fingerprint density at radius 3 is 2.44 bits per heavy atom. The molecule has 0 radical (unpaired) electrons. The fourth-order valence-electron chi connectivity index (χ4n) is 2.20. The average molecular weight is 246 g/mol. The van der Waals surface area contributed by atoms with E-state index in [2.05, 4.69) is 19.2 Å². The van der Waals surface area contributed by atoms with Gasteiger partial charge in [-0.25, -0.2) is 4.79 Å². The molecule has 1 aromatic carbocycles. The molecule has 0 spiro atoms. The zero-order valence-electron chi connectivity index (χ0n) is 11.3. The van der Waals surface area contributed by atoms with Crippen molar-refractivity contribution in [2.45, 2.75) is 33.2 Å². The average Bonchev–Trinajstić information content (AvgIpc) is 2.37. The second-order valence-electron chi connectivity index (χ2n) is 5.80. The molecule has 98 valence electrons. The number of carbonyl (C=O) groups excluding carboxylic acids is 1. The van der Waals surface area contributed by atoms with E-state index in [-0.39, 0.29) is 6.03 Å². The van der Waals surface area contributed by atoms with Gasteiger partial charge in [-0.05, 0) is 23.8 Å². The molecule has 3 heteroatoms. The van der Waals surface area contributed by atoms with E-state index >= 15 is 0 Å². The maximum atomic E-state index is 12.0. The summed E-state index contributed by atoms with van der Waals surface area (Å²) in [6, 6.07) is 10.1. The summed E-state index contributed by atoms with van der Waals surface area (Å²) in [5, 5.41) is 2.98. The van der Waals surface area contributed by atoms with Gasteiger partial charge in [-0.1, -0.05) is 44.2 Å². The summed E-state index contributed by atoms with van der Waals surface area (Å²) in [6.45, 7) is 6.89. The Morgan fingerprint density at radius 2 is 1.83 bits per heavy atom. The highest BCUT2D eigenvalue weighted by atomic mass is 16.2. The minimum atomic E-state index is 0.0642. The van der Waals surface area contributed by atoms with Crippen LogP contribution in [-0.2, 0) is 6.54 Å². The van der Waals surface area contributed by atoms with Crippen molar-refractivity contribution in [1.82, 2.24) is 10.2 Å². The van der Waals surface area contributed by atoms with Crippen LogP contribution in [0.1, 0.15) is 32.3 Å². The molecule has 1 aliphatic heterocycles. The van der Waals surface area contributed by atoms with E-state index in [1.54, 1.807) is 0 Å². The third-order valence-corrected chi connectivity index (χ3v) is 3.69. The molecule has 1 saturated heterocycles. The number of carbonyl (C=O) groups is 1. The van der Waals surface area contributed by atoms with E-state index in [4.69, 9.17) is 0 Å². The second kappa shape index (κ2) is 5.42. The van der Waals surface area contributed by atoms with Gasteiger partial charge in [-0.15, -0.1) is 0 Å². The zero-order chi connectivity index (χ0) is 13.0. The topological polar surface area (TPSA) is 32.3 Å². The molecule has 0 bridgehead atoms. The standard InChI is InChI=1S/C15H22N2O/c1-15(2)8-10-17(11-9-15)14(18)16-12-13-6-4-3-5-7-13/h3-7H,8-12H2,1-2H3,(H,16,18). The maximum Gasteiger partial charge on any atom is 0.317 e. The number of benzene rings is 1. The molecule has 1 fully saturated rings. The van der Waals surface area contributed by atoms with Crippen molar-refractivity contribution in [2.24, 2.45) is 5.41 Å². The van der Waals surface area contributed by atoms with Crippen LogP contribution in [0.25, 0.3) is 0 Å². The van der Waals surface area contributed by atoms with Gasteiger partial charge < -0.3 is 10.2 Å². The van der Waals surface area contributed by atoms with Gasteiger partial charge in [-0.2, -0.15) is 0 Å². The first kappa shape index (κ1) is 12.9. The van der Waals surface area contributed by atoms with Gasteiger partial charge in [0.25, 0.3) is 0 Å². The Kier molecular flexibility index (Phi) is 3.90. The van der Waals surface area contributed by atoms with Gasteiger partial charge in [0, 0.05) is 19.6 Å². The van der Waals surface area contributed by atoms with Gasteiger partial charge in [0.1, 0.15) is 0 Å². The van der Waals surface area contributed by atoms with Crippen LogP contribution in [0.4, 0.5) is 4.79 Å². The van der Waals surface area contributed by atoms with Crippen LogP contribution in [0.3, 0.4) is 0 Å². The third kappa shape index (κ3) is 3.49. The number of nitrogens with zero attached hydrogens (tertiary/aromatic N) is 1. The molecule has 0 unspecified atom stereocenters. The maximum absolute atomic E-state index is 12.0. The minimum Gasteiger partial charge on any atom is -0.334 e. The molecule has 1 aromatic rings. The number of urea groups is 1. The quantitative estimate of drug-likeness (QED) is 0.854. The van der Waals surface area contributed by atoms with E-state index in [0.717, 1.165) is 31.5 Å². The third-order valence-electron chi connectivity index (χ3n) is 3.69. The minimum absolute atomic E-state index is 0.0642. The number of hydrogen-bond acceptors (Lipinski definition) is 1. The van der Waals surface area contributed by atoms with Crippen molar-refractivity contribution in [3.05, 3.63) is 35.9 Å². The predicted octanol–water partition coefficient (Wildman–Crippen LogP) is 3.02. The van der Waals surface area contributed by atoms with E-state index in [0.29, 0.717) is 12.0 Å². The lowest BCUT2D eigenvalue weighted by atomic mass is 9.83. The first-order valence-corrected chi connectivity index (χ1v) is 6.64. The summed E-state index contributed by atoms with van der Waals surface area (Å²) in [5.41, 5.74) is 1.53. The number of rotatable bonds is 2. The highest BCUT2D eigenvalue weighted by Gasteiger charge is 2.27. The summed E-state index contributed by atoms with van der Waals surface area (Å²) < 4.78 is 0. The molecular formula is C15H22N2O. The second-order valence-corrected chi connectivity index (χ2v) is 5.80. The number of hydrogen-bond donors (Lipinski definition) is 1. The van der Waals surface area contributed by atoms with E-state index in [1.807, 2.05) is 35.2 Å². The van der Waals surface area contributed by atoms with Crippen molar-refractivity contribution in [3.63, 3.8) is 0 Å². The lowest BCUT2D eigenvalue weighted by Gasteiger charge is -2.36. The van der Waals surface area contributed by atoms with Crippen LogP contribution in [0, 0.1) is 5.41 Å². The molecule has 3 nitrogen and oxygen atoms in total. The number of likely N-dealkylation sites (tertiary alicyclic amines) is 1. The Balaban J connectivity index is 1.79. The fourth-order valence-corrected chi connectivity index (χ4v) is 2.20. The smallest absolute Gasteiger partial charge is 0.317 e. The van der Waals surface area contributed by atoms with Crippen LogP contribution < -0.4 is 5.32 Å². The molecule has 1 aliphatic rings.